The second kappa shape index (κ2) is 3.79. The Balaban J connectivity index is 2.35. The van der Waals surface area contributed by atoms with E-state index in [4.69, 9.17) is 0 Å². The van der Waals surface area contributed by atoms with Crippen molar-refractivity contribution in [2.45, 2.75) is 26.0 Å². The highest BCUT2D eigenvalue weighted by molar-refractivity contribution is 5.75. The molecular formula is C9H14N4O. The zero-order valence-electron chi connectivity index (χ0n) is 8.14. The van der Waals surface area contributed by atoms with Crippen molar-refractivity contribution in [1.82, 2.24) is 9.55 Å². The van der Waals surface area contributed by atoms with E-state index in [0.717, 1.165) is 18.7 Å². The van der Waals surface area contributed by atoms with Crippen molar-refractivity contribution in [1.29, 1.82) is 0 Å². The maximum absolute atomic E-state index is 9.82. The molecule has 1 aromatic rings. The number of fused-ring (bicyclic) bond motifs is 1. The molecule has 1 unspecified atom stereocenters. The molecule has 14 heavy (non-hydrogen) atoms. The molecule has 0 aliphatic carbocycles. The molecule has 76 valence electrons. The van der Waals surface area contributed by atoms with Gasteiger partial charge in [-0.25, -0.2) is 4.98 Å². The molecule has 1 atom stereocenters. The summed E-state index contributed by atoms with van der Waals surface area (Å²) >= 11 is 0. The Bertz CT molecular complexity index is 345. The second-order valence-electron chi connectivity index (χ2n) is 3.33. The molecule has 0 aromatic carbocycles. The van der Waals surface area contributed by atoms with Crippen molar-refractivity contribution in [3.8, 4) is 0 Å². The average molecular weight is 194 g/mol. The predicted octanol–water partition coefficient (Wildman–Crippen LogP) is 0.780. The molecule has 0 amide bonds. The van der Waals surface area contributed by atoms with Gasteiger partial charge in [0.05, 0.1) is 24.9 Å². The lowest BCUT2D eigenvalue weighted by molar-refractivity contribution is 0.179. The second-order valence-corrected chi connectivity index (χ2v) is 3.33. The minimum absolute atomic E-state index is 0.398. The molecule has 1 aromatic heterocycles. The zero-order valence-corrected chi connectivity index (χ0v) is 8.14. The van der Waals surface area contributed by atoms with Gasteiger partial charge in [-0.1, -0.05) is 6.92 Å². The molecule has 5 heteroatoms. The van der Waals surface area contributed by atoms with Gasteiger partial charge in [-0.15, -0.1) is 0 Å². The number of aliphatic hydroxyl groups is 1. The first-order valence-electron chi connectivity index (χ1n) is 4.81. The van der Waals surface area contributed by atoms with Crippen molar-refractivity contribution in [3.05, 3.63) is 12.0 Å². The summed E-state index contributed by atoms with van der Waals surface area (Å²) in [5, 5.41) is 12.8. The van der Waals surface area contributed by atoms with Gasteiger partial charge in [0.2, 0.25) is 0 Å². The molecular weight excluding hydrogens is 180 g/mol. The quantitative estimate of drug-likeness (QED) is 0.731. The Hall–Kier alpha value is -1.36. The summed E-state index contributed by atoms with van der Waals surface area (Å²) < 4.78 is 1.97. The van der Waals surface area contributed by atoms with Crippen LogP contribution in [0.4, 0.5) is 5.82 Å². The van der Waals surface area contributed by atoms with E-state index < -0.39 is 6.10 Å². The summed E-state index contributed by atoms with van der Waals surface area (Å²) in [6.07, 6.45) is 3.81. The van der Waals surface area contributed by atoms with Crippen LogP contribution in [0.15, 0.2) is 11.3 Å². The molecule has 2 rings (SSSR count). The summed E-state index contributed by atoms with van der Waals surface area (Å²) in [7, 11) is 0. The number of aryl methyl sites for hydroxylation is 1. The third-order valence-corrected chi connectivity index (χ3v) is 2.23. The number of aliphatic hydroxyl groups excluding tert-OH is 1. The Labute approximate surface area is 82.5 Å². The summed E-state index contributed by atoms with van der Waals surface area (Å²) in [6.45, 7) is 3.37. The molecule has 2 heterocycles. The SMILES string of the molecule is CCCn1cnc2c1C(O)CN=CN2. The first-order chi connectivity index (χ1) is 6.83. The van der Waals surface area contributed by atoms with Crippen LogP contribution in [0.5, 0.6) is 0 Å². The van der Waals surface area contributed by atoms with Crippen LogP contribution < -0.4 is 5.32 Å². The van der Waals surface area contributed by atoms with Crippen molar-refractivity contribution < 1.29 is 5.11 Å². The maximum Gasteiger partial charge on any atom is 0.155 e. The number of nitrogens with zero attached hydrogens (tertiary/aromatic N) is 3. The molecule has 2 N–H and O–H groups in total. The summed E-state index contributed by atoms with van der Waals surface area (Å²) in [6, 6.07) is 0. The van der Waals surface area contributed by atoms with Crippen LogP contribution in [0.1, 0.15) is 25.1 Å². The normalized spacial score (nSPS) is 20.0. The molecule has 0 radical (unpaired) electrons. The van der Waals surface area contributed by atoms with Crippen molar-refractivity contribution >= 4 is 12.2 Å². The molecule has 0 saturated heterocycles. The fourth-order valence-corrected chi connectivity index (χ4v) is 1.62. The lowest BCUT2D eigenvalue weighted by Gasteiger charge is -2.11. The van der Waals surface area contributed by atoms with Gasteiger partial charge in [-0.2, -0.15) is 0 Å². The van der Waals surface area contributed by atoms with Gasteiger partial charge in [0.25, 0.3) is 0 Å². The van der Waals surface area contributed by atoms with Crippen LogP contribution in [0.25, 0.3) is 0 Å². The summed E-state index contributed by atoms with van der Waals surface area (Å²) in [5.74, 6) is 0.715. The minimum Gasteiger partial charge on any atom is -0.385 e. The molecule has 5 nitrogen and oxygen atoms in total. The van der Waals surface area contributed by atoms with E-state index in [1.807, 2.05) is 4.57 Å². The van der Waals surface area contributed by atoms with Crippen LogP contribution >= 0.6 is 0 Å². The summed E-state index contributed by atoms with van der Waals surface area (Å²) in [5.41, 5.74) is 0.837. The van der Waals surface area contributed by atoms with Gasteiger partial charge in [0.1, 0.15) is 6.10 Å². The first kappa shape index (κ1) is 9.21. The first-order valence-corrected chi connectivity index (χ1v) is 4.81. The van der Waals surface area contributed by atoms with Crippen LogP contribution in [0.3, 0.4) is 0 Å². The van der Waals surface area contributed by atoms with Crippen LogP contribution in [-0.4, -0.2) is 27.5 Å². The monoisotopic (exact) mass is 194 g/mol. The largest absolute Gasteiger partial charge is 0.385 e. The number of rotatable bonds is 2. The lowest BCUT2D eigenvalue weighted by Crippen LogP contribution is -2.09. The van der Waals surface area contributed by atoms with Crippen molar-refractivity contribution in [2.75, 3.05) is 11.9 Å². The zero-order chi connectivity index (χ0) is 9.97. The third kappa shape index (κ3) is 1.50. The van der Waals surface area contributed by atoms with Gasteiger partial charge in [0.15, 0.2) is 5.82 Å². The molecule has 0 spiro atoms. The van der Waals surface area contributed by atoms with Gasteiger partial charge in [0, 0.05) is 6.54 Å². The number of nitrogens with one attached hydrogen (secondary N) is 1. The fourth-order valence-electron chi connectivity index (χ4n) is 1.62. The van der Waals surface area contributed by atoms with Crippen LogP contribution in [-0.2, 0) is 6.54 Å². The highest BCUT2D eigenvalue weighted by Gasteiger charge is 2.19. The van der Waals surface area contributed by atoms with E-state index in [0.29, 0.717) is 12.4 Å². The van der Waals surface area contributed by atoms with Gasteiger partial charge in [-0.3, -0.25) is 4.99 Å². The summed E-state index contributed by atoms with van der Waals surface area (Å²) in [4.78, 5) is 8.19. The number of hydrogen-bond acceptors (Lipinski definition) is 4. The predicted molar refractivity (Wildman–Crippen MR) is 54.5 cm³/mol. The van der Waals surface area contributed by atoms with Crippen LogP contribution in [0.2, 0.25) is 0 Å². The number of hydrogen-bond donors (Lipinski definition) is 2. The van der Waals surface area contributed by atoms with Crippen molar-refractivity contribution in [2.24, 2.45) is 4.99 Å². The highest BCUT2D eigenvalue weighted by atomic mass is 16.3. The number of aliphatic imine (C=N–C) groups is 1. The van der Waals surface area contributed by atoms with E-state index in [1.54, 1.807) is 12.7 Å². The Morgan fingerprint density at radius 2 is 2.57 bits per heavy atom. The number of aromatic nitrogens is 2. The molecule has 0 bridgehead atoms. The lowest BCUT2D eigenvalue weighted by atomic mass is 10.2. The van der Waals surface area contributed by atoms with E-state index >= 15 is 0 Å². The van der Waals surface area contributed by atoms with E-state index in [2.05, 4.69) is 22.2 Å². The average Bonchev–Trinajstić information content (AvgIpc) is 2.47. The Morgan fingerprint density at radius 3 is 3.36 bits per heavy atom. The van der Waals surface area contributed by atoms with Gasteiger partial charge in [-0.05, 0) is 6.42 Å². The fraction of sp³-hybridized carbons (Fsp3) is 0.556. The number of imidazole rings is 1. The molecule has 0 saturated carbocycles. The van der Waals surface area contributed by atoms with Gasteiger partial charge < -0.3 is 15.0 Å². The molecule has 1 aliphatic rings. The Kier molecular flexibility index (Phi) is 2.49. The van der Waals surface area contributed by atoms with Gasteiger partial charge >= 0.3 is 0 Å². The highest BCUT2D eigenvalue weighted by Crippen LogP contribution is 2.23. The molecule has 1 aliphatic heterocycles. The molecule has 0 fully saturated rings. The van der Waals surface area contributed by atoms with E-state index in [1.165, 1.54) is 0 Å². The van der Waals surface area contributed by atoms with Crippen molar-refractivity contribution in [3.63, 3.8) is 0 Å². The van der Waals surface area contributed by atoms with E-state index in [9.17, 15) is 5.11 Å². The number of anilines is 1. The topological polar surface area (TPSA) is 62.4 Å². The smallest absolute Gasteiger partial charge is 0.155 e. The van der Waals surface area contributed by atoms with Crippen LogP contribution in [0, 0.1) is 0 Å². The third-order valence-electron chi connectivity index (χ3n) is 2.23. The minimum atomic E-state index is -0.551. The maximum atomic E-state index is 9.82. The standard InChI is InChI=1S/C9H14N4O/c1-2-3-13-6-12-9-8(13)7(14)4-10-5-11-9/h5-7,14H,2-4H2,1H3,(H,10,11). The Morgan fingerprint density at radius 1 is 1.71 bits per heavy atom. The van der Waals surface area contributed by atoms with E-state index in [-0.39, 0.29) is 0 Å².